The van der Waals surface area contributed by atoms with Gasteiger partial charge in [-0.25, -0.2) is 4.79 Å². The number of esters is 1. The topological polar surface area (TPSA) is 52.6 Å². The fraction of sp³-hybridized carbons (Fsp3) is 0.600. The van der Waals surface area contributed by atoms with Crippen molar-refractivity contribution in [2.24, 2.45) is 0 Å². The molecular weight excluding hydrogens is 244 g/mol. The van der Waals surface area contributed by atoms with E-state index in [1.807, 2.05) is 0 Å². The number of rotatable bonds is 8. The average Bonchev–Trinajstić information content (AvgIpc) is 2.27. The Labute approximate surface area is 115 Å². The fourth-order valence-electron chi connectivity index (χ4n) is 1.40. The van der Waals surface area contributed by atoms with E-state index in [0.29, 0.717) is 24.2 Å². The normalized spacial score (nSPS) is 12.7. The van der Waals surface area contributed by atoms with Crippen LogP contribution >= 0.6 is 0 Å². The van der Waals surface area contributed by atoms with Crippen LogP contribution < -0.4 is 0 Å². The van der Waals surface area contributed by atoms with Gasteiger partial charge in [-0.1, -0.05) is 13.2 Å². The molecule has 0 amide bonds. The number of carbonyl (C=O) groups excluding carboxylic acids is 2. The molecule has 1 atom stereocenters. The zero-order valence-corrected chi connectivity index (χ0v) is 12.5. The van der Waals surface area contributed by atoms with Crippen molar-refractivity contribution in [3.63, 3.8) is 0 Å². The van der Waals surface area contributed by atoms with Gasteiger partial charge in [-0.2, -0.15) is 0 Å². The molecule has 4 nitrogen and oxygen atoms in total. The summed E-state index contributed by atoms with van der Waals surface area (Å²) in [5, 5.41) is 0. The van der Waals surface area contributed by atoms with Crippen LogP contribution in [-0.2, 0) is 19.1 Å². The first-order valence-corrected chi connectivity index (χ1v) is 6.28. The molecule has 0 saturated heterocycles. The lowest BCUT2D eigenvalue weighted by Gasteiger charge is -2.24. The average molecular weight is 268 g/mol. The summed E-state index contributed by atoms with van der Waals surface area (Å²) in [6, 6.07) is 0. The number of carbonyl (C=O) groups is 2. The molecule has 0 aliphatic carbocycles. The molecule has 0 radical (unpaired) electrons. The lowest BCUT2D eigenvalue weighted by molar-refractivity contribution is -0.146. The molecule has 108 valence electrons. The van der Waals surface area contributed by atoms with Crippen LogP contribution in [0.25, 0.3) is 0 Å². The minimum absolute atomic E-state index is 0.126. The maximum atomic E-state index is 11.8. The second kappa shape index (κ2) is 7.24. The highest BCUT2D eigenvalue weighted by molar-refractivity contribution is 6.00. The van der Waals surface area contributed by atoms with Crippen LogP contribution in [0.4, 0.5) is 0 Å². The number of ketones is 1. The van der Waals surface area contributed by atoms with Crippen molar-refractivity contribution in [2.45, 2.75) is 52.7 Å². The lowest BCUT2D eigenvalue weighted by atomic mass is 9.98. The minimum Gasteiger partial charge on any atom is -0.459 e. The van der Waals surface area contributed by atoms with Gasteiger partial charge in [0, 0.05) is 12.0 Å². The minimum atomic E-state index is -0.899. The van der Waals surface area contributed by atoms with Crippen LogP contribution in [-0.4, -0.2) is 30.1 Å². The molecule has 0 aliphatic heterocycles. The molecular formula is C15H24O4. The predicted molar refractivity (Wildman–Crippen MR) is 74.8 cm³/mol. The summed E-state index contributed by atoms with van der Waals surface area (Å²) in [6.45, 7) is 15.9. The molecule has 19 heavy (non-hydrogen) atoms. The van der Waals surface area contributed by atoms with Gasteiger partial charge in [-0.3, -0.25) is 4.79 Å². The largest absolute Gasteiger partial charge is 0.459 e. The summed E-state index contributed by atoms with van der Waals surface area (Å²) >= 11 is 0. The molecule has 0 aromatic carbocycles. The molecule has 1 unspecified atom stereocenters. The highest BCUT2D eigenvalue weighted by Crippen LogP contribution is 2.16. The third kappa shape index (κ3) is 6.34. The van der Waals surface area contributed by atoms with Gasteiger partial charge < -0.3 is 9.47 Å². The highest BCUT2D eigenvalue weighted by Gasteiger charge is 2.28. The second-order valence-electron chi connectivity index (χ2n) is 5.25. The Bertz CT molecular complexity index is 380. The predicted octanol–water partition coefficient (Wildman–Crippen LogP) is 2.82. The Kier molecular flexibility index (Phi) is 6.70. The van der Waals surface area contributed by atoms with Crippen molar-refractivity contribution in [1.29, 1.82) is 0 Å². The smallest absolute Gasteiger partial charge is 0.333 e. The van der Waals surface area contributed by atoms with Gasteiger partial charge in [0.05, 0.1) is 6.61 Å². The molecule has 0 spiro atoms. The molecule has 0 N–H and O–H groups in total. The number of hydrogen-bond donors (Lipinski definition) is 0. The first kappa shape index (κ1) is 17.6. The molecule has 0 aliphatic rings. The third-order valence-corrected chi connectivity index (χ3v) is 2.58. The monoisotopic (exact) mass is 268 g/mol. The standard InChI is InChI=1S/C15H24O4/c1-10(2)13(16)15(6,7)18-9-8-12(5)19-14(17)11(3)4/h12H,1,3,8-9H2,2,4-7H3. The zero-order valence-electron chi connectivity index (χ0n) is 12.5. The van der Waals surface area contributed by atoms with Gasteiger partial charge in [-0.05, 0) is 40.2 Å². The summed E-state index contributed by atoms with van der Waals surface area (Å²) in [7, 11) is 0. The summed E-state index contributed by atoms with van der Waals surface area (Å²) in [5.41, 5.74) is -0.0680. The van der Waals surface area contributed by atoms with Crippen molar-refractivity contribution in [3.8, 4) is 0 Å². The van der Waals surface area contributed by atoms with E-state index in [1.165, 1.54) is 0 Å². The highest BCUT2D eigenvalue weighted by atomic mass is 16.5. The van der Waals surface area contributed by atoms with E-state index in [4.69, 9.17) is 9.47 Å². The van der Waals surface area contributed by atoms with Crippen LogP contribution in [0.15, 0.2) is 24.3 Å². The molecule has 4 heteroatoms. The molecule has 0 rings (SSSR count). The van der Waals surface area contributed by atoms with E-state index in [0.717, 1.165) is 0 Å². The van der Waals surface area contributed by atoms with Crippen LogP contribution in [0.1, 0.15) is 41.0 Å². The first-order valence-electron chi connectivity index (χ1n) is 6.28. The zero-order chi connectivity index (χ0) is 15.2. The maximum absolute atomic E-state index is 11.8. The summed E-state index contributed by atoms with van der Waals surface area (Å²) in [5.74, 6) is -0.538. The van der Waals surface area contributed by atoms with Crippen LogP contribution in [0.3, 0.4) is 0 Å². The van der Waals surface area contributed by atoms with Crippen molar-refractivity contribution >= 4 is 11.8 Å². The molecule has 0 bridgehead atoms. The van der Waals surface area contributed by atoms with Gasteiger partial charge in [0.15, 0.2) is 5.78 Å². The molecule has 0 heterocycles. The number of ether oxygens (including phenoxy) is 2. The van der Waals surface area contributed by atoms with Gasteiger partial charge in [-0.15, -0.1) is 0 Å². The van der Waals surface area contributed by atoms with Crippen molar-refractivity contribution < 1.29 is 19.1 Å². The van der Waals surface area contributed by atoms with Crippen LogP contribution in [0.5, 0.6) is 0 Å². The summed E-state index contributed by atoms with van der Waals surface area (Å²) in [6.07, 6.45) is 0.242. The number of Topliss-reactive ketones (excluding diaryl/α,β-unsaturated/α-hetero) is 1. The van der Waals surface area contributed by atoms with E-state index in [1.54, 1.807) is 34.6 Å². The summed E-state index contributed by atoms with van der Waals surface area (Å²) in [4.78, 5) is 23.1. The van der Waals surface area contributed by atoms with E-state index in [2.05, 4.69) is 13.2 Å². The van der Waals surface area contributed by atoms with E-state index >= 15 is 0 Å². The van der Waals surface area contributed by atoms with Crippen molar-refractivity contribution in [1.82, 2.24) is 0 Å². The second-order valence-corrected chi connectivity index (χ2v) is 5.25. The SMILES string of the molecule is C=C(C)C(=O)OC(C)CCOC(C)(C)C(=O)C(=C)C. The molecule has 0 fully saturated rings. The Morgan fingerprint density at radius 2 is 1.68 bits per heavy atom. The van der Waals surface area contributed by atoms with Gasteiger partial charge in [0.1, 0.15) is 11.7 Å². The Morgan fingerprint density at radius 1 is 1.16 bits per heavy atom. The van der Waals surface area contributed by atoms with E-state index in [9.17, 15) is 9.59 Å². The van der Waals surface area contributed by atoms with Crippen molar-refractivity contribution in [2.75, 3.05) is 6.61 Å². The Hall–Kier alpha value is -1.42. The summed E-state index contributed by atoms with van der Waals surface area (Å²) < 4.78 is 10.7. The molecule has 0 saturated carbocycles. The van der Waals surface area contributed by atoms with Gasteiger partial charge >= 0.3 is 5.97 Å². The quantitative estimate of drug-likeness (QED) is 0.502. The fourth-order valence-corrected chi connectivity index (χ4v) is 1.40. The lowest BCUT2D eigenvalue weighted by Crippen LogP contribution is -2.36. The van der Waals surface area contributed by atoms with Crippen LogP contribution in [0, 0.1) is 0 Å². The van der Waals surface area contributed by atoms with E-state index in [-0.39, 0.29) is 11.9 Å². The first-order chi connectivity index (χ1) is 8.58. The van der Waals surface area contributed by atoms with Crippen LogP contribution in [0.2, 0.25) is 0 Å². The molecule has 0 aromatic rings. The van der Waals surface area contributed by atoms with Gasteiger partial charge in [0.25, 0.3) is 0 Å². The maximum Gasteiger partial charge on any atom is 0.333 e. The Morgan fingerprint density at radius 3 is 2.11 bits per heavy atom. The third-order valence-electron chi connectivity index (χ3n) is 2.58. The van der Waals surface area contributed by atoms with Crippen molar-refractivity contribution in [3.05, 3.63) is 24.3 Å². The molecule has 0 aromatic heterocycles. The number of hydrogen-bond acceptors (Lipinski definition) is 4. The van der Waals surface area contributed by atoms with Gasteiger partial charge in [0.2, 0.25) is 0 Å². The Balaban J connectivity index is 4.16. The van der Waals surface area contributed by atoms with E-state index < -0.39 is 11.6 Å².